The molecule has 2 heteroatoms. The topological polar surface area (TPSA) is 3.24 Å². The van der Waals surface area contributed by atoms with Gasteiger partial charge in [0.15, 0.2) is 0 Å². The molecular weight excluding hydrogens is 541 g/mol. The lowest BCUT2D eigenvalue weighted by molar-refractivity contribution is 0.794. The number of hydrogen-bond donors (Lipinski definition) is 0. The standard InChI is InChI=1S/C43H30BN/c44-31-21-25-37-35-15-7-9-17-39(35)43(41(37)27-31)40-18-10-8-16-36(40)38-26-24-34(28-42(38)43)45(32-13-5-2-6-14-32)33-22-19-30(20-23-33)29-11-3-1-4-12-29/h1-28H,44H2. The van der Waals surface area contributed by atoms with E-state index in [1.807, 2.05) is 0 Å². The highest BCUT2D eigenvalue weighted by Gasteiger charge is 2.51. The third kappa shape index (κ3) is 3.76. The maximum absolute atomic E-state index is 2.46. The molecule has 45 heavy (non-hydrogen) atoms. The molecule has 0 saturated carbocycles. The van der Waals surface area contributed by atoms with Gasteiger partial charge in [0.2, 0.25) is 0 Å². The van der Waals surface area contributed by atoms with E-state index in [1.54, 1.807) is 0 Å². The molecule has 9 rings (SSSR count). The number of nitrogens with zero attached hydrogens (tertiary/aromatic N) is 1. The van der Waals surface area contributed by atoms with Gasteiger partial charge in [0.25, 0.3) is 0 Å². The Morgan fingerprint density at radius 1 is 0.356 bits per heavy atom. The van der Waals surface area contributed by atoms with Crippen LogP contribution in [-0.4, -0.2) is 7.85 Å². The van der Waals surface area contributed by atoms with Crippen molar-refractivity contribution < 1.29 is 0 Å². The van der Waals surface area contributed by atoms with Gasteiger partial charge in [0, 0.05) is 17.1 Å². The van der Waals surface area contributed by atoms with Gasteiger partial charge in [-0.05, 0) is 92.0 Å². The van der Waals surface area contributed by atoms with Crippen LogP contribution in [0.2, 0.25) is 0 Å². The molecule has 7 aromatic rings. The van der Waals surface area contributed by atoms with Crippen molar-refractivity contribution in [3.8, 4) is 33.4 Å². The minimum Gasteiger partial charge on any atom is -0.310 e. The summed E-state index contributed by atoms with van der Waals surface area (Å²) in [4.78, 5) is 2.39. The molecule has 0 saturated heterocycles. The fourth-order valence-electron chi connectivity index (χ4n) is 7.84. The van der Waals surface area contributed by atoms with Crippen LogP contribution in [0, 0.1) is 0 Å². The SMILES string of the molecule is Bc1ccc2c(c1)C1(c3ccccc3-2)c2ccccc2-c2ccc(N(c3ccccc3)c3ccc(-c4ccccc4)cc3)cc21. The normalized spacial score (nSPS) is 15.3. The van der Waals surface area contributed by atoms with Crippen LogP contribution in [0.5, 0.6) is 0 Å². The molecule has 0 bridgehead atoms. The number of rotatable bonds is 4. The first kappa shape index (κ1) is 25.9. The Labute approximate surface area is 265 Å². The number of fused-ring (bicyclic) bond motifs is 10. The predicted octanol–water partition coefficient (Wildman–Crippen LogP) is 9.43. The monoisotopic (exact) mass is 571 g/mol. The average Bonchev–Trinajstić information content (AvgIpc) is 3.56. The highest BCUT2D eigenvalue weighted by Crippen LogP contribution is 2.63. The molecule has 7 aromatic carbocycles. The van der Waals surface area contributed by atoms with Crippen LogP contribution < -0.4 is 10.4 Å². The zero-order valence-electron chi connectivity index (χ0n) is 25.1. The fourth-order valence-corrected chi connectivity index (χ4v) is 7.84. The number of hydrogen-bond acceptors (Lipinski definition) is 1. The maximum Gasteiger partial charge on any atom is 0.139 e. The second-order valence-corrected chi connectivity index (χ2v) is 12.2. The summed E-state index contributed by atoms with van der Waals surface area (Å²) in [6.45, 7) is 0. The lowest BCUT2D eigenvalue weighted by Gasteiger charge is -2.32. The third-order valence-corrected chi connectivity index (χ3v) is 9.73. The van der Waals surface area contributed by atoms with Crippen LogP contribution in [0.25, 0.3) is 33.4 Å². The van der Waals surface area contributed by atoms with Gasteiger partial charge in [-0.25, -0.2) is 0 Å². The van der Waals surface area contributed by atoms with Crippen molar-refractivity contribution >= 4 is 30.4 Å². The highest BCUT2D eigenvalue weighted by atomic mass is 15.1. The van der Waals surface area contributed by atoms with Gasteiger partial charge in [0.1, 0.15) is 7.85 Å². The Morgan fingerprint density at radius 2 is 0.822 bits per heavy atom. The van der Waals surface area contributed by atoms with E-state index < -0.39 is 0 Å². The molecule has 1 nitrogen and oxygen atoms in total. The van der Waals surface area contributed by atoms with E-state index in [-0.39, 0.29) is 5.41 Å². The summed E-state index contributed by atoms with van der Waals surface area (Å²) in [7, 11) is 2.21. The van der Waals surface area contributed by atoms with E-state index in [1.165, 1.54) is 61.1 Å². The van der Waals surface area contributed by atoms with Crippen LogP contribution in [0.4, 0.5) is 17.1 Å². The van der Waals surface area contributed by atoms with Crippen molar-refractivity contribution in [3.05, 3.63) is 192 Å². The molecule has 0 amide bonds. The van der Waals surface area contributed by atoms with E-state index in [2.05, 4.69) is 183 Å². The van der Waals surface area contributed by atoms with Gasteiger partial charge in [-0.1, -0.05) is 139 Å². The summed E-state index contributed by atoms with van der Waals surface area (Å²) in [5.41, 5.74) is 17.5. The molecule has 0 heterocycles. The minimum atomic E-state index is -0.376. The molecule has 0 fully saturated rings. The summed E-state index contributed by atoms with van der Waals surface area (Å²) < 4.78 is 0. The van der Waals surface area contributed by atoms with Crippen molar-refractivity contribution in [1.82, 2.24) is 0 Å². The molecule has 210 valence electrons. The predicted molar refractivity (Wildman–Crippen MR) is 191 cm³/mol. The molecule has 2 aliphatic carbocycles. The maximum atomic E-state index is 2.46. The van der Waals surface area contributed by atoms with Gasteiger partial charge in [-0.15, -0.1) is 0 Å². The second-order valence-electron chi connectivity index (χ2n) is 12.2. The first-order valence-corrected chi connectivity index (χ1v) is 15.7. The van der Waals surface area contributed by atoms with Crippen LogP contribution in [0.15, 0.2) is 170 Å². The molecule has 1 atom stereocenters. The molecule has 1 unspecified atom stereocenters. The van der Waals surface area contributed by atoms with E-state index in [9.17, 15) is 0 Å². The van der Waals surface area contributed by atoms with Crippen molar-refractivity contribution in [1.29, 1.82) is 0 Å². The van der Waals surface area contributed by atoms with Crippen molar-refractivity contribution in [3.63, 3.8) is 0 Å². The minimum absolute atomic E-state index is 0.376. The summed E-state index contributed by atoms with van der Waals surface area (Å²) in [5.74, 6) is 0. The van der Waals surface area contributed by atoms with Crippen LogP contribution in [0.3, 0.4) is 0 Å². The average molecular weight is 572 g/mol. The van der Waals surface area contributed by atoms with E-state index in [0.29, 0.717) is 0 Å². The Hall–Kier alpha value is -5.60. The number of anilines is 3. The first-order valence-electron chi connectivity index (χ1n) is 15.7. The van der Waals surface area contributed by atoms with E-state index >= 15 is 0 Å². The van der Waals surface area contributed by atoms with Gasteiger partial charge in [-0.2, -0.15) is 0 Å². The molecule has 0 radical (unpaired) electrons. The Morgan fingerprint density at radius 3 is 1.49 bits per heavy atom. The van der Waals surface area contributed by atoms with Gasteiger partial charge >= 0.3 is 0 Å². The van der Waals surface area contributed by atoms with Crippen LogP contribution >= 0.6 is 0 Å². The summed E-state index contributed by atoms with van der Waals surface area (Å²) in [6.07, 6.45) is 0. The highest BCUT2D eigenvalue weighted by molar-refractivity contribution is 6.32. The smallest absolute Gasteiger partial charge is 0.139 e. The zero-order valence-corrected chi connectivity index (χ0v) is 25.1. The largest absolute Gasteiger partial charge is 0.310 e. The summed E-state index contributed by atoms with van der Waals surface area (Å²) >= 11 is 0. The zero-order chi connectivity index (χ0) is 30.0. The van der Waals surface area contributed by atoms with Crippen molar-refractivity contribution in [2.75, 3.05) is 4.90 Å². The Kier molecular flexibility index (Phi) is 5.73. The lowest BCUT2D eigenvalue weighted by atomic mass is 9.69. The van der Waals surface area contributed by atoms with E-state index in [0.717, 1.165) is 17.1 Å². The van der Waals surface area contributed by atoms with Crippen molar-refractivity contribution in [2.24, 2.45) is 0 Å². The van der Waals surface area contributed by atoms with Crippen LogP contribution in [-0.2, 0) is 5.41 Å². The molecular formula is C43H30BN. The Bertz CT molecular complexity index is 2210. The van der Waals surface area contributed by atoms with Gasteiger partial charge < -0.3 is 4.90 Å². The van der Waals surface area contributed by atoms with Crippen LogP contribution in [0.1, 0.15) is 22.3 Å². The van der Waals surface area contributed by atoms with E-state index in [4.69, 9.17) is 0 Å². The molecule has 0 aliphatic heterocycles. The summed E-state index contributed by atoms with van der Waals surface area (Å²) in [6, 6.07) is 62.5. The lowest BCUT2D eigenvalue weighted by Crippen LogP contribution is -2.27. The molecule has 0 aromatic heterocycles. The number of benzene rings is 7. The number of para-hydroxylation sites is 1. The molecule has 2 aliphatic rings. The second kappa shape index (κ2) is 9.97. The third-order valence-electron chi connectivity index (χ3n) is 9.73. The van der Waals surface area contributed by atoms with Crippen molar-refractivity contribution in [2.45, 2.75) is 5.41 Å². The Balaban J connectivity index is 1.29. The summed E-state index contributed by atoms with van der Waals surface area (Å²) in [5, 5.41) is 0. The quantitative estimate of drug-likeness (QED) is 0.190. The van der Waals surface area contributed by atoms with Gasteiger partial charge in [-0.3, -0.25) is 0 Å². The van der Waals surface area contributed by atoms with Gasteiger partial charge in [0.05, 0.1) is 5.41 Å². The fraction of sp³-hybridized carbons (Fsp3) is 0.0233. The molecule has 0 N–H and O–H groups in total. The molecule has 1 spiro atoms. The first-order chi connectivity index (χ1) is 22.2.